The first-order chi connectivity index (χ1) is 14.6. The number of nitrogens with two attached hydrogens (primary N) is 1. The van der Waals surface area contributed by atoms with E-state index in [9.17, 15) is 5.26 Å². The number of nitrogen functional groups attached to an aromatic ring is 1. The van der Waals surface area contributed by atoms with Crippen molar-refractivity contribution in [2.75, 3.05) is 18.9 Å². The van der Waals surface area contributed by atoms with Crippen LogP contribution in [-0.4, -0.2) is 40.7 Å². The minimum Gasteiger partial charge on any atom is -0.483 e. The van der Waals surface area contributed by atoms with Crippen LogP contribution in [0.3, 0.4) is 0 Å². The molecule has 0 aromatic carbocycles. The number of rotatable bonds is 9. The number of nitriles is 1. The lowest BCUT2D eigenvalue weighted by Gasteiger charge is -2.23. The van der Waals surface area contributed by atoms with E-state index in [4.69, 9.17) is 20.4 Å². The molecule has 0 amide bonds. The van der Waals surface area contributed by atoms with Crippen LogP contribution in [0.1, 0.15) is 76.0 Å². The van der Waals surface area contributed by atoms with E-state index in [1.807, 2.05) is 0 Å². The first-order valence-corrected chi connectivity index (χ1v) is 10.9. The Hall–Kier alpha value is -2.66. The number of piperidine rings is 1. The van der Waals surface area contributed by atoms with E-state index < -0.39 is 0 Å². The first-order valence-electron chi connectivity index (χ1n) is 10.9. The van der Waals surface area contributed by atoms with Gasteiger partial charge in [0.05, 0.1) is 18.4 Å². The summed E-state index contributed by atoms with van der Waals surface area (Å²) in [5.74, 6) is 0.445. The number of allylic oxidation sites excluding steroid dienone is 2. The summed E-state index contributed by atoms with van der Waals surface area (Å²) in [4.78, 5) is 17.2. The van der Waals surface area contributed by atoms with Gasteiger partial charge in [-0.1, -0.05) is 26.2 Å². The van der Waals surface area contributed by atoms with Crippen molar-refractivity contribution in [1.29, 1.82) is 5.26 Å². The Bertz CT molecular complexity index is 767. The van der Waals surface area contributed by atoms with Gasteiger partial charge in [-0.15, -0.1) is 0 Å². The number of hydrogen-bond donors (Lipinski definition) is 3. The number of hydrogen-bond acceptors (Lipinski definition) is 7. The predicted octanol–water partition coefficient (Wildman–Crippen LogP) is 3.47. The van der Waals surface area contributed by atoms with Crippen molar-refractivity contribution in [2.24, 2.45) is 0 Å². The lowest BCUT2D eigenvalue weighted by atomic mass is 9.97. The molecule has 0 radical (unpaired) electrons. The van der Waals surface area contributed by atoms with E-state index in [1.54, 1.807) is 0 Å². The van der Waals surface area contributed by atoms with Crippen LogP contribution >= 0.6 is 0 Å². The molecule has 8 nitrogen and oxygen atoms in total. The van der Waals surface area contributed by atoms with E-state index in [2.05, 4.69) is 28.3 Å². The third-order valence-corrected chi connectivity index (χ3v) is 5.53. The summed E-state index contributed by atoms with van der Waals surface area (Å²) in [7, 11) is 0. The number of carboxylic acid groups (broad SMARTS) is 1. The zero-order valence-corrected chi connectivity index (χ0v) is 17.8. The molecule has 8 heteroatoms. The van der Waals surface area contributed by atoms with Crippen molar-refractivity contribution < 1.29 is 14.6 Å². The highest BCUT2D eigenvalue weighted by Gasteiger charge is 2.27. The molecule has 3 rings (SSSR count). The second kappa shape index (κ2) is 12.8. The number of carbonyl (C=O) groups is 1. The van der Waals surface area contributed by atoms with Crippen molar-refractivity contribution in [2.45, 2.75) is 77.2 Å². The second-order valence-electron chi connectivity index (χ2n) is 7.66. The fraction of sp³-hybridized carbons (Fsp3) is 0.636. The molecule has 2 heterocycles. The van der Waals surface area contributed by atoms with Crippen molar-refractivity contribution in [3.63, 3.8) is 0 Å². The average molecular weight is 416 g/mol. The van der Waals surface area contributed by atoms with Crippen LogP contribution in [0.4, 0.5) is 5.82 Å². The Morgan fingerprint density at radius 2 is 2.13 bits per heavy atom. The molecular weight excluding hydrogens is 382 g/mol. The maximum absolute atomic E-state index is 9.56. The van der Waals surface area contributed by atoms with Crippen LogP contribution in [0.5, 0.6) is 6.01 Å². The molecular formula is C22H33N5O3. The van der Waals surface area contributed by atoms with Crippen LogP contribution in [0.15, 0.2) is 5.57 Å². The predicted molar refractivity (Wildman–Crippen MR) is 116 cm³/mol. The van der Waals surface area contributed by atoms with Gasteiger partial charge in [-0.2, -0.15) is 15.2 Å². The molecule has 1 aliphatic heterocycles. The maximum atomic E-state index is 9.56. The third-order valence-electron chi connectivity index (χ3n) is 5.53. The highest BCUT2D eigenvalue weighted by molar-refractivity contribution is 5.79. The molecule has 0 bridgehead atoms. The van der Waals surface area contributed by atoms with E-state index in [1.165, 1.54) is 25.7 Å². The molecule has 1 aromatic heterocycles. The topological polar surface area (TPSA) is 134 Å². The van der Waals surface area contributed by atoms with E-state index in [-0.39, 0.29) is 6.47 Å². The van der Waals surface area contributed by atoms with Crippen LogP contribution in [0.25, 0.3) is 5.57 Å². The summed E-state index contributed by atoms with van der Waals surface area (Å²) >= 11 is 0. The van der Waals surface area contributed by atoms with Crippen LogP contribution in [0.2, 0.25) is 0 Å². The molecule has 1 aliphatic carbocycles. The van der Waals surface area contributed by atoms with Gasteiger partial charge in [0.25, 0.3) is 6.47 Å². The van der Waals surface area contributed by atoms with Crippen molar-refractivity contribution in [3.8, 4) is 12.1 Å². The summed E-state index contributed by atoms with van der Waals surface area (Å²) in [5, 5.41) is 20.1. The van der Waals surface area contributed by atoms with Crippen molar-refractivity contribution in [1.82, 2.24) is 15.3 Å². The van der Waals surface area contributed by atoms with E-state index in [0.717, 1.165) is 61.1 Å². The summed E-state index contributed by atoms with van der Waals surface area (Å²) in [5.41, 5.74) is 9.68. The molecule has 1 aromatic rings. The van der Waals surface area contributed by atoms with Gasteiger partial charge in [0.15, 0.2) is 0 Å². The fourth-order valence-corrected chi connectivity index (χ4v) is 3.94. The van der Waals surface area contributed by atoms with Gasteiger partial charge in [-0.05, 0) is 50.6 Å². The molecule has 1 fully saturated rings. The smallest absolute Gasteiger partial charge is 0.318 e. The van der Waals surface area contributed by atoms with Crippen molar-refractivity contribution in [3.05, 3.63) is 16.8 Å². The van der Waals surface area contributed by atoms with Gasteiger partial charge >= 0.3 is 6.01 Å². The Labute approximate surface area is 178 Å². The molecule has 1 unspecified atom stereocenters. The highest BCUT2D eigenvalue weighted by atomic mass is 16.5. The van der Waals surface area contributed by atoms with Gasteiger partial charge in [-0.3, -0.25) is 4.79 Å². The quantitative estimate of drug-likeness (QED) is 0.412. The summed E-state index contributed by atoms with van der Waals surface area (Å²) < 4.78 is 5.66. The largest absolute Gasteiger partial charge is 0.483 e. The minimum atomic E-state index is -0.250. The lowest BCUT2D eigenvalue weighted by Crippen LogP contribution is -2.33. The van der Waals surface area contributed by atoms with E-state index >= 15 is 0 Å². The number of ether oxygens (including phenoxy) is 1. The van der Waals surface area contributed by atoms with Crippen LogP contribution in [0, 0.1) is 11.3 Å². The Morgan fingerprint density at radius 3 is 2.80 bits per heavy atom. The van der Waals surface area contributed by atoms with Gasteiger partial charge in [-0.25, -0.2) is 0 Å². The molecule has 4 N–H and O–H groups in total. The minimum absolute atomic E-state index is 0.250. The standard InChI is InChI=1S/C21H31N5O.CH2O2/c1-2-3-12-27-21-25-19-17(15(14-22)13-18(19)20(23)26-21)10-5-4-8-16-9-6-7-11-24-16;2-1-3/h16,24H,2-13H2,1H3,(H2,23,25,26);1H,(H,2,3). The molecule has 0 saturated carbocycles. The first kappa shape index (κ1) is 23.6. The Morgan fingerprint density at radius 1 is 1.33 bits per heavy atom. The molecule has 164 valence electrons. The highest BCUT2D eigenvalue weighted by Crippen LogP contribution is 2.38. The normalized spacial score (nSPS) is 17.5. The number of fused-ring (bicyclic) bond motifs is 1. The molecule has 1 saturated heterocycles. The van der Waals surface area contributed by atoms with Gasteiger partial charge in [0, 0.05) is 23.6 Å². The number of nitrogens with zero attached hydrogens (tertiary/aromatic N) is 3. The molecule has 30 heavy (non-hydrogen) atoms. The van der Waals surface area contributed by atoms with Crippen LogP contribution in [-0.2, 0) is 11.2 Å². The molecule has 0 spiro atoms. The van der Waals surface area contributed by atoms with Crippen LogP contribution < -0.4 is 15.8 Å². The van der Waals surface area contributed by atoms with Gasteiger partial charge < -0.3 is 20.9 Å². The number of unbranched alkanes of at least 4 members (excludes halogenated alkanes) is 2. The average Bonchev–Trinajstić information content (AvgIpc) is 3.11. The Balaban J connectivity index is 0.00000101. The number of nitrogens with one attached hydrogen (secondary N) is 1. The Kier molecular flexibility index (Phi) is 10.1. The maximum Gasteiger partial charge on any atom is 0.318 e. The summed E-state index contributed by atoms with van der Waals surface area (Å²) in [6.07, 6.45) is 10.8. The second-order valence-corrected chi connectivity index (χ2v) is 7.66. The summed E-state index contributed by atoms with van der Waals surface area (Å²) in [6, 6.07) is 3.35. The lowest BCUT2D eigenvalue weighted by molar-refractivity contribution is -0.122. The van der Waals surface area contributed by atoms with Crippen molar-refractivity contribution >= 4 is 17.9 Å². The monoisotopic (exact) mass is 415 g/mol. The number of aromatic nitrogens is 2. The molecule has 1 atom stereocenters. The SMILES string of the molecule is CCCCOc1nc(N)c2c(n1)C(CCCCC1CCCCN1)=C(C#N)C2.O=CO. The summed E-state index contributed by atoms with van der Waals surface area (Å²) in [6.45, 7) is 3.61. The van der Waals surface area contributed by atoms with Gasteiger partial charge in [0.2, 0.25) is 0 Å². The number of anilines is 1. The van der Waals surface area contributed by atoms with E-state index in [0.29, 0.717) is 30.9 Å². The fourth-order valence-electron chi connectivity index (χ4n) is 3.94. The molecule has 2 aliphatic rings. The van der Waals surface area contributed by atoms with Gasteiger partial charge in [0.1, 0.15) is 5.82 Å². The zero-order chi connectivity index (χ0) is 21.8. The zero-order valence-electron chi connectivity index (χ0n) is 17.8. The third kappa shape index (κ3) is 6.70.